The number of aliphatic hydroxyl groups is 1. The van der Waals surface area contributed by atoms with Gasteiger partial charge in [-0.25, -0.2) is 5.32 Å². The fraction of sp³-hybridized carbons (Fsp3) is 0.440. The fourth-order valence-electron chi connectivity index (χ4n) is 5.68. The van der Waals surface area contributed by atoms with Crippen LogP contribution in [0.4, 0.5) is 0 Å². The van der Waals surface area contributed by atoms with Crippen molar-refractivity contribution in [1.29, 1.82) is 0 Å². The number of rotatable bonds is 3. The molecule has 0 amide bonds. The van der Waals surface area contributed by atoms with E-state index in [4.69, 9.17) is 0 Å². The molecule has 0 aliphatic heterocycles. The number of hydrogen-bond acceptors (Lipinski definition) is 3. The molecule has 0 aromatic carbocycles. The van der Waals surface area contributed by atoms with Crippen LogP contribution in [-0.4, -0.2) is 21.7 Å². The van der Waals surface area contributed by atoms with Crippen LogP contribution in [0.15, 0.2) is 39.8 Å². The largest absolute Gasteiger partial charge is 0.494 e. The van der Waals surface area contributed by atoms with E-state index < -0.39 is 16.9 Å². The molecule has 4 heteroatoms. The van der Waals surface area contributed by atoms with Crippen LogP contribution < -0.4 is 5.32 Å². The van der Waals surface area contributed by atoms with Gasteiger partial charge >= 0.3 is 11.5 Å². The quantitative estimate of drug-likeness (QED) is 0.477. The molecule has 0 spiro atoms. The Balaban J connectivity index is 1.74. The van der Waals surface area contributed by atoms with Gasteiger partial charge in [0.05, 0.1) is 13.0 Å². The molecule has 2 unspecified atom stereocenters. The third kappa shape index (κ3) is 2.98. The zero-order valence-corrected chi connectivity index (χ0v) is 17.2. The predicted molar refractivity (Wildman–Crippen MR) is 113 cm³/mol. The minimum Gasteiger partial charge on any atom is -0.494 e. The van der Waals surface area contributed by atoms with E-state index in [0.717, 1.165) is 49.7 Å². The molecule has 4 nitrogen and oxygen atoms in total. The van der Waals surface area contributed by atoms with Gasteiger partial charge in [-0.2, -0.15) is 4.79 Å². The summed E-state index contributed by atoms with van der Waals surface area (Å²) in [4.78, 5) is 11.4. The summed E-state index contributed by atoms with van der Waals surface area (Å²) in [7, 11) is 0. The normalized spacial score (nSPS) is 33.6. The Morgan fingerprint density at radius 2 is 1.90 bits per heavy atom. The van der Waals surface area contributed by atoms with Gasteiger partial charge < -0.3 is 10.2 Å². The molecule has 29 heavy (non-hydrogen) atoms. The summed E-state index contributed by atoms with van der Waals surface area (Å²) in [6.45, 7) is 18.3. The lowest BCUT2D eigenvalue weighted by Crippen LogP contribution is -2.40. The zero-order chi connectivity index (χ0) is 21.2. The first-order valence-corrected chi connectivity index (χ1v) is 10.2. The SMILES string of the molecule is [CH2+]C([CH2+])([CH2+])NC(O)=C1CCC2=C3CC=C4[C+]=C(C(=O)O)CCC4(C)[C]3CCC12[CH2+]. The molecule has 0 heterocycles. The molecular weight excluding hydrogens is 362 g/mol. The number of aliphatic hydroxyl groups excluding tert-OH is 1. The first kappa shape index (κ1) is 19.7. The minimum absolute atomic E-state index is 0.109. The van der Waals surface area contributed by atoms with Gasteiger partial charge in [-0.1, -0.05) is 6.92 Å². The maximum atomic E-state index is 11.4. The van der Waals surface area contributed by atoms with Crippen LogP contribution in [0.2, 0.25) is 0 Å². The molecule has 3 N–H and O–H groups in total. The van der Waals surface area contributed by atoms with Gasteiger partial charge in [-0.3, -0.25) is 0 Å². The average molecular weight is 392 g/mol. The standard InChI is InChI=1S/C25H27NO3/c1-23(2,3)26-21(27)20-9-8-18-17-7-6-16-14-15(22(28)29)10-12-24(16,4)19(17)11-13-25(18,20)5/h6,26H,1-3,5,7-13H2,4H3/q+3/p+2. The summed E-state index contributed by atoms with van der Waals surface area (Å²) >= 11 is 0. The Kier molecular flexibility index (Phi) is 4.22. The third-order valence-electron chi connectivity index (χ3n) is 7.17. The molecule has 0 aromatic heterocycles. The van der Waals surface area contributed by atoms with E-state index in [2.05, 4.69) is 52.1 Å². The van der Waals surface area contributed by atoms with Crippen molar-refractivity contribution in [2.45, 2.75) is 57.4 Å². The lowest BCUT2D eigenvalue weighted by atomic mass is 9.53. The molecule has 4 rings (SSSR count). The summed E-state index contributed by atoms with van der Waals surface area (Å²) in [6, 6.07) is 0. The average Bonchev–Trinajstić information content (AvgIpc) is 2.96. The van der Waals surface area contributed by atoms with E-state index in [9.17, 15) is 15.0 Å². The molecule has 4 aliphatic rings. The van der Waals surface area contributed by atoms with Gasteiger partial charge in [0.1, 0.15) is 5.57 Å². The molecule has 2 atom stereocenters. The van der Waals surface area contributed by atoms with Crippen molar-refractivity contribution in [3.05, 3.63) is 79.5 Å². The Morgan fingerprint density at radius 1 is 1.17 bits per heavy atom. The summed E-state index contributed by atoms with van der Waals surface area (Å²) in [5, 5.41) is 23.0. The molecule has 1 saturated carbocycles. The first-order chi connectivity index (χ1) is 13.5. The molecule has 0 bridgehead atoms. The topological polar surface area (TPSA) is 69.6 Å². The van der Waals surface area contributed by atoms with Crippen LogP contribution in [0.1, 0.15) is 51.9 Å². The summed E-state index contributed by atoms with van der Waals surface area (Å²) in [6.07, 6.45) is 10.8. The van der Waals surface area contributed by atoms with E-state index in [0.29, 0.717) is 12.0 Å². The number of fused-ring (bicyclic) bond motifs is 4. The Morgan fingerprint density at radius 3 is 2.55 bits per heavy atom. The van der Waals surface area contributed by atoms with Crippen molar-refractivity contribution < 1.29 is 15.0 Å². The number of allylic oxidation sites excluding steroid dienone is 6. The molecule has 4 aliphatic carbocycles. The second kappa shape index (κ2) is 6.21. The van der Waals surface area contributed by atoms with Gasteiger partial charge in [0.2, 0.25) is 5.57 Å². The third-order valence-corrected chi connectivity index (χ3v) is 7.17. The van der Waals surface area contributed by atoms with Gasteiger partial charge in [-0.15, -0.1) is 0 Å². The van der Waals surface area contributed by atoms with Gasteiger partial charge in [-0.05, 0) is 36.8 Å². The number of carboxylic acid groups (broad SMARTS) is 1. The van der Waals surface area contributed by atoms with Gasteiger partial charge in [0.15, 0.2) is 32.1 Å². The Hall–Kier alpha value is -2.58. The molecule has 1 fully saturated rings. The molecule has 1 radical (unpaired) electrons. The molecular formula is C25H29NO3+5. The maximum Gasteiger partial charge on any atom is 0.438 e. The minimum atomic E-state index is -0.947. The highest BCUT2D eigenvalue weighted by Gasteiger charge is 2.58. The molecule has 0 saturated heterocycles. The fourth-order valence-corrected chi connectivity index (χ4v) is 5.68. The van der Waals surface area contributed by atoms with Crippen molar-refractivity contribution in [3.8, 4) is 0 Å². The molecule has 0 aromatic rings. The van der Waals surface area contributed by atoms with E-state index in [-0.39, 0.29) is 11.3 Å². The van der Waals surface area contributed by atoms with Gasteiger partial charge in [0, 0.05) is 42.2 Å². The number of carboxylic acids is 1. The molecule has 147 valence electrons. The highest BCUT2D eigenvalue weighted by Crippen LogP contribution is 2.64. The Bertz CT molecular complexity index is 882. The van der Waals surface area contributed by atoms with Crippen LogP contribution in [0, 0.1) is 50.5 Å². The second-order valence-electron chi connectivity index (χ2n) is 9.31. The van der Waals surface area contributed by atoms with Crippen molar-refractivity contribution in [2.24, 2.45) is 10.8 Å². The van der Waals surface area contributed by atoms with E-state index >= 15 is 0 Å². The number of nitrogens with one attached hydrogen (secondary N) is 1. The summed E-state index contributed by atoms with van der Waals surface area (Å²) < 4.78 is 0. The lowest BCUT2D eigenvalue weighted by molar-refractivity contribution is -0.133. The summed E-state index contributed by atoms with van der Waals surface area (Å²) in [5.74, 6) is 0.654. The number of aliphatic carboxylic acids is 1. The van der Waals surface area contributed by atoms with E-state index in [1.54, 1.807) is 0 Å². The smallest absolute Gasteiger partial charge is 0.438 e. The van der Waals surface area contributed by atoms with E-state index in [1.165, 1.54) is 17.1 Å². The van der Waals surface area contributed by atoms with Crippen molar-refractivity contribution in [1.82, 2.24) is 5.32 Å². The van der Waals surface area contributed by atoms with Crippen LogP contribution >= 0.6 is 0 Å². The Labute approximate surface area is 174 Å². The number of hydrogen-bond donors (Lipinski definition) is 3. The monoisotopic (exact) mass is 391 g/mol. The van der Waals surface area contributed by atoms with Crippen LogP contribution in [-0.2, 0) is 4.79 Å². The maximum absolute atomic E-state index is 11.4. The van der Waals surface area contributed by atoms with Crippen LogP contribution in [0.3, 0.4) is 0 Å². The summed E-state index contributed by atoms with van der Waals surface area (Å²) in [5.41, 5.74) is 3.47. The zero-order valence-electron chi connectivity index (χ0n) is 17.2. The predicted octanol–water partition coefficient (Wildman–Crippen LogP) is 4.81. The van der Waals surface area contributed by atoms with Gasteiger partial charge in [0.25, 0.3) is 0 Å². The van der Waals surface area contributed by atoms with Crippen molar-refractivity contribution in [2.75, 3.05) is 0 Å². The highest BCUT2D eigenvalue weighted by atomic mass is 16.4. The van der Waals surface area contributed by atoms with Crippen molar-refractivity contribution in [3.63, 3.8) is 0 Å². The van der Waals surface area contributed by atoms with Crippen LogP contribution in [0.25, 0.3) is 0 Å². The van der Waals surface area contributed by atoms with Crippen LogP contribution in [0.5, 0.6) is 0 Å². The first-order valence-electron chi connectivity index (χ1n) is 10.2. The highest BCUT2D eigenvalue weighted by molar-refractivity contribution is 5.87. The number of carbonyl (C=O) groups is 1. The lowest BCUT2D eigenvalue weighted by Gasteiger charge is -2.45. The van der Waals surface area contributed by atoms with E-state index in [1.807, 2.05) is 0 Å². The second-order valence-corrected chi connectivity index (χ2v) is 9.31. The van der Waals surface area contributed by atoms with Crippen molar-refractivity contribution >= 4 is 5.97 Å².